The molecule has 0 bridgehead atoms. The molecule has 0 aliphatic heterocycles. The second-order valence-corrected chi connectivity index (χ2v) is 6.86. The van der Waals surface area contributed by atoms with E-state index in [0.717, 1.165) is 36.4 Å². The summed E-state index contributed by atoms with van der Waals surface area (Å²) in [6.45, 7) is 2.33. The summed E-state index contributed by atoms with van der Waals surface area (Å²) in [4.78, 5) is 4.63. The Labute approximate surface area is 134 Å². The zero-order valence-corrected chi connectivity index (χ0v) is 13.5. The SMILES string of the molecule is Cc1csc(C2(NCC(O)c3ccccc3F)CCCC2)n1. The van der Waals surface area contributed by atoms with Crippen LogP contribution in [0.1, 0.15) is 48.1 Å². The molecular weight excluding hydrogens is 299 g/mol. The Kier molecular flexibility index (Phi) is 4.57. The number of aliphatic hydroxyl groups is 1. The molecule has 0 spiro atoms. The molecule has 1 aromatic carbocycles. The van der Waals surface area contributed by atoms with Gasteiger partial charge in [0.05, 0.1) is 11.6 Å². The largest absolute Gasteiger partial charge is 0.387 e. The van der Waals surface area contributed by atoms with E-state index in [9.17, 15) is 9.50 Å². The Morgan fingerprint density at radius 1 is 1.36 bits per heavy atom. The maximum Gasteiger partial charge on any atom is 0.129 e. The standard InChI is InChI=1S/C17H21FN2OS/c1-12-11-22-16(20-12)17(8-4-5-9-17)19-10-15(21)13-6-2-3-7-14(13)18/h2-3,6-7,11,15,19,21H,4-5,8-10H2,1H3. The fraction of sp³-hybridized carbons (Fsp3) is 0.471. The van der Waals surface area contributed by atoms with Gasteiger partial charge in [0.1, 0.15) is 10.8 Å². The van der Waals surface area contributed by atoms with Crippen LogP contribution in [0.4, 0.5) is 4.39 Å². The Hall–Kier alpha value is -1.30. The molecule has 3 rings (SSSR count). The predicted molar refractivity (Wildman–Crippen MR) is 86.4 cm³/mol. The normalized spacial score (nSPS) is 18.5. The highest BCUT2D eigenvalue weighted by Crippen LogP contribution is 2.40. The van der Waals surface area contributed by atoms with Crippen molar-refractivity contribution in [1.29, 1.82) is 0 Å². The number of aromatic nitrogens is 1. The van der Waals surface area contributed by atoms with Crippen molar-refractivity contribution >= 4 is 11.3 Å². The van der Waals surface area contributed by atoms with Crippen molar-refractivity contribution in [2.75, 3.05) is 6.54 Å². The molecule has 3 nitrogen and oxygen atoms in total. The van der Waals surface area contributed by atoms with Gasteiger partial charge in [-0.15, -0.1) is 11.3 Å². The Balaban J connectivity index is 1.74. The lowest BCUT2D eigenvalue weighted by Crippen LogP contribution is -2.42. The van der Waals surface area contributed by atoms with E-state index in [2.05, 4.69) is 15.7 Å². The van der Waals surface area contributed by atoms with Crippen LogP contribution >= 0.6 is 11.3 Å². The van der Waals surface area contributed by atoms with Crippen LogP contribution in [0.15, 0.2) is 29.6 Å². The molecule has 22 heavy (non-hydrogen) atoms. The number of hydrogen-bond donors (Lipinski definition) is 2. The molecule has 2 N–H and O–H groups in total. The lowest BCUT2D eigenvalue weighted by Gasteiger charge is -2.29. The summed E-state index contributed by atoms with van der Waals surface area (Å²) in [6, 6.07) is 6.40. The van der Waals surface area contributed by atoms with Crippen molar-refractivity contribution in [3.8, 4) is 0 Å². The average molecular weight is 320 g/mol. The zero-order valence-electron chi connectivity index (χ0n) is 12.7. The lowest BCUT2D eigenvalue weighted by atomic mass is 9.97. The van der Waals surface area contributed by atoms with E-state index >= 15 is 0 Å². The van der Waals surface area contributed by atoms with Gasteiger partial charge in [0.15, 0.2) is 0 Å². The number of rotatable bonds is 5. The molecule has 0 saturated heterocycles. The number of nitrogens with zero attached hydrogens (tertiary/aromatic N) is 1. The number of benzene rings is 1. The van der Waals surface area contributed by atoms with Crippen molar-refractivity contribution < 1.29 is 9.50 Å². The summed E-state index contributed by atoms with van der Waals surface area (Å²) >= 11 is 1.67. The van der Waals surface area contributed by atoms with Crippen LogP contribution in [-0.2, 0) is 5.54 Å². The molecule has 1 aromatic heterocycles. The van der Waals surface area contributed by atoms with Crippen molar-refractivity contribution in [2.45, 2.75) is 44.2 Å². The van der Waals surface area contributed by atoms with E-state index in [0.29, 0.717) is 12.1 Å². The summed E-state index contributed by atoms with van der Waals surface area (Å²) in [6.07, 6.45) is 3.50. The monoisotopic (exact) mass is 320 g/mol. The van der Waals surface area contributed by atoms with Gasteiger partial charge < -0.3 is 10.4 Å². The van der Waals surface area contributed by atoms with Crippen LogP contribution in [0, 0.1) is 12.7 Å². The minimum Gasteiger partial charge on any atom is -0.387 e. The maximum atomic E-state index is 13.8. The molecule has 118 valence electrons. The number of aliphatic hydroxyl groups excluding tert-OH is 1. The third-order valence-electron chi connectivity index (χ3n) is 4.38. The van der Waals surface area contributed by atoms with Gasteiger partial charge in [0, 0.05) is 23.2 Å². The summed E-state index contributed by atoms with van der Waals surface area (Å²) in [5.74, 6) is -0.359. The third-order valence-corrected chi connectivity index (χ3v) is 5.55. The molecule has 1 fully saturated rings. The van der Waals surface area contributed by atoms with Gasteiger partial charge in [-0.05, 0) is 25.8 Å². The molecule has 0 amide bonds. The van der Waals surface area contributed by atoms with E-state index in [4.69, 9.17) is 0 Å². The summed E-state index contributed by atoms with van der Waals surface area (Å²) < 4.78 is 13.8. The van der Waals surface area contributed by atoms with Crippen molar-refractivity contribution in [3.63, 3.8) is 0 Å². The molecule has 5 heteroatoms. The first kappa shape index (κ1) is 15.6. The lowest BCUT2D eigenvalue weighted by molar-refractivity contribution is 0.151. The van der Waals surface area contributed by atoms with Crippen molar-refractivity contribution in [3.05, 3.63) is 51.7 Å². The molecular formula is C17H21FN2OS. The van der Waals surface area contributed by atoms with E-state index < -0.39 is 6.10 Å². The molecule has 1 heterocycles. The van der Waals surface area contributed by atoms with E-state index in [1.807, 2.05) is 6.92 Å². The van der Waals surface area contributed by atoms with Gasteiger partial charge in [-0.25, -0.2) is 9.37 Å². The molecule has 1 aliphatic rings. The number of thiazole rings is 1. The van der Waals surface area contributed by atoms with Gasteiger partial charge in [0.2, 0.25) is 0 Å². The first-order chi connectivity index (χ1) is 10.6. The molecule has 1 aliphatic carbocycles. The molecule has 1 unspecified atom stereocenters. The number of hydrogen-bond acceptors (Lipinski definition) is 4. The Morgan fingerprint density at radius 2 is 2.09 bits per heavy atom. The molecule has 1 atom stereocenters. The number of aryl methyl sites for hydroxylation is 1. The zero-order chi connectivity index (χ0) is 15.6. The third kappa shape index (κ3) is 3.07. The van der Waals surface area contributed by atoms with E-state index in [1.54, 1.807) is 29.5 Å². The minimum absolute atomic E-state index is 0.162. The van der Waals surface area contributed by atoms with Crippen LogP contribution in [0.2, 0.25) is 0 Å². The van der Waals surface area contributed by atoms with Gasteiger partial charge >= 0.3 is 0 Å². The topological polar surface area (TPSA) is 45.1 Å². The fourth-order valence-corrected chi connectivity index (χ4v) is 4.20. The van der Waals surface area contributed by atoms with Gasteiger partial charge in [0.25, 0.3) is 0 Å². The summed E-state index contributed by atoms with van der Waals surface area (Å²) in [5.41, 5.74) is 1.21. The van der Waals surface area contributed by atoms with Crippen LogP contribution in [0.25, 0.3) is 0 Å². The van der Waals surface area contributed by atoms with E-state index in [1.165, 1.54) is 6.07 Å². The predicted octanol–water partition coefficient (Wildman–Crippen LogP) is 3.68. The second-order valence-electron chi connectivity index (χ2n) is 6.00. The van der Waals surface area contributed by atoms with E-state index in [-0.39, 0.29) is 11.4 Å². The van der Waals surface area contributed by atoms with Crippen molar-refractivity contribution in [2.24, 2.45) is 0 Å². The fourth-order valence-electron chi connectivity index (χ4n) is 3.17. The minimum atomic E-state index is -0.847. The highest BCUT2D eigenvalue weighted by molar-refractivity contribution is 7.09. The summed E-state index contributed by atoms with van der Waals surface area (Å²) in [7, 11) is 0. The molecule has 0 radical (unpaired) electrons. The average Bonchev–Trinajstić information content (AvgIpc) is 3.15. The maximum absolute atomic E-state index is 13.8. The van der Waals surface area contributed by atoms with Crippen molar-refractivity contribution in [1.82, 2.24) is 10.3 Å². The molecule has 1 saturated carbocycles. The van der Waals surface area contributed by atoms with Gasteiger partial charge in [-0.1, -0.05) is 31.0 Å². The highest BCUT2D eigenvalue weighted by atomic mass is 32.1. The Bertz CT molecular complexity index is 637. The first-order valence-electron chi connectivity index (χ1n) is 7.71. The molecule has 2 aromatic rings. The van der Waals surface area contributed by atoms with Crippen LogP contribution in [0.3, 0.4) is 0 Å². The number of halogens is 1. The number of nitrogens with one attached hydrogen (secondary N) is 1. The highest BCUT2D eigenvalue weighted by Gasteiger charge is 2.38. The van der Waals surface area contributed by atoms with Crippen LogP contribution < -0.4 is 5.32 Å². The second kappa shape index (κ2) is 6.44. The summed E-state index contributed by atoms with van der Waals surface area (Å²) in [5, 5.41) is 16.9. The Morgan fingerprint density at radius 3 is 2.73 bits per heavy atom. The van der Waals surface area contributed by atoms with Crippen LogP contribution in [0.5, 0.6) is 0 Å². The quantitative estimate of drug-likeness (QED) is 0.883. The smallest absolute Gasteiger partial charge is 0.129 e. The van der Waals surface area contributed by atoms with Crippen LogP contribution in [-0.4, -0.2) is 16.6 Å². The first-order valence-corrected chi connectivity index (χ1v) is 8.59. The van der Waals surface area contributed by atoms with Gasteiger partial charge in [-0.2, -0.15) is 0 Å². The van der Waals surface area contributed by atoms with Gasteiger partial charge in [-0.3, -0.25) is 0 Å².